The van der Waals surface area contributed by atoms with Crippen LogP contribution in [0.5, 0.6) is 0 Å². The van der Waals surface area contributed by atoms with Crippen LogP contribution in [0.3, 0.4) is 0 Å². The van der Waals surface area contributed by atoms with E-state index in [0.717, 1.165) is 25.7 Å². The minimum atomic E-state index is -1.16. The van der Waals surface area contributed by atoms with Gasteiger partial charge in [0.05, 0.1) is 6.10 Å². The second-order valence-corrected chi connectivity index (χ2v) is 14.7. The van der Waals surface area contributed by atoms with Crippen LogP contribution >= 0.6 is 0 Å². The highest BCUT2D eigenvalue weighted by atomic mass is 16.4. The highest BCUT2D eigenvalue weighted by molar-refractivity contribution is 5.85. The molecule has 5 aliphatic rings. The van der Waals surface area contributed by atoms with E-state index in [0.29, 0.717) is 49.7 Å². The number of carboxylic acid groups (broad SMARTS) is 1. The molecule has 0 bridgehead atoms. The third-order valence-corrected chi connectivity index (χ3v) is 13.1. The molecule has 3 N–H and O–H groups in total. The van der Waals surface area contributed by atoms with E-state index in [1.807, 2.05) is 0 Å². The van der Waals surface area contributed by atoms with Gasteiger partial charge in [-0.3, -0.25) is 9.59 Å². The van der Waals surface area contributed by atoms with Crippen LogP contribution in [0.2, 0.25) is 0 Å². The maximum absolute atomic E-state index is 12.9. The number of Topliss-reactive ketones (excluding diaryl/α,β-unsaturated/α-hetero) is 1. The van der Waals surface area contributed by atoms with Crippen molar-refractivity contribution in [3.05, 3.63) is 11.6 Å². The lowest BCUT2D eigenvalue weighted by molar-refractivity contribution is -0.208. The average Bonchev–Trinajstić information content (AvgIpc) is 2.77. The SMILES string of the molecule is CC1(C)C(=O)CC[C@]2(C)[C@H]3CC=C4[C@@H]5C[C@](C)(CO)CC[C@]5(C(=O)O)[C@H](O)C[C@@]4(C)[C@]3(C)CC[C@@H]12. The topological polar surface area (TPSA) is 94.8 Å². The molecule has 0 amide bonds. The number of carboxylic acids is 1. The quantitative estimate of drug-likeness (QED) is 0.455. The molecule has 0 aromatic heterocycles. The normalized spacial score (nSPS) is 52.9. The number of fused-ring (bicyclic) bond motifs is 7. The number of hydrogen-bond donors (Lipinski definition) is 3. The fourth-order valence-electron chi connectivity index (χ4n) is 10.6. The number of ketones is 1. The van der Waals surface area contributed by atoms with Gasteiger partial charge in [-0.05, 0) is 90.8 Å². The minimum Gasteiger partial charge on any atom is -0.481 e. The molecule has 4 fully saturated rings. The number of carbonyl (C=O) groups is 2. The number of aliphatic hydroxyl groups excluding tert-OH is 2. The van der Waals surface area contributed by atoms with Crippen molar-refractivity contribution in [2.75, 3.05) is 6.61 Å². The Bertz CT molecular complexity index is 983. The van der Waals surface area contributed by atoms with E-state index in [-0.39, 0.29) is 39.6 Å². The predicted molar refractivity (Wildman–Crippen MR) is 134 cm³/mol. The molecular formula is C30H46O5. The van der Waals surface area contributed by atoms with Crippen molar-refractivity contribution in [1.82, 2.24) is 0 Å². The summed E-state index contributed by atoms with van der Waals surface area (Å²) in [5.41, 5.74) is -0.883. The van der Waals surface area contributed by atoms with Gasteiger partial charge in [-0.2, -0.15) is 0 Å². The maximum atomic E-state index is 12.9. The van der Waals surface area contributed by atoms with Crippen molar-refractivity contribution in [2.45, 2.75) is 105 Å². The monoisotopic (exact) mass is 486 g/mol. The summed E-state index contributed by atoms with van der Waals surface area (Å²) in [7, 11) is 0. The molecule has 0 saturated heterocycles. The predicted octanol–water partition coefficient (Wildman–Crippen LogP) is 5.39. The van der Waals surface area contributed by atoms with Crippen molar-refractivity contribution in [3.8, 4) is 0 Å². The van der Waals surface area contributed by atoms with Gasteiger partial charge in [0.15, 0.2) is 0 Å². The van der Waals surface area contributed by atoms with Gasteiger partial charge in [0.2, 0.25) is 0 Å². The summed E-state index contributed by atoms with van der Waals surface area (Å²) in [6, 6.07) is 0. The Hall–Kier alpha value is -1.20. The van der Waals surface area contributed by atoms with Crippen LogP contribution in [0.25, 0.3) is 0 Å². The lowest BCUT2D eigenvalue weighted by atomic mass is 9.33. The number of allylic oxidation sites excluding steroid dienone is 2. The first-order valence-electron chi connectivity index (χ1n) is 13.9. The molecule has 0 aromatic carbocycles. The van der Waals surface area contributed by atoms with Gasteiger partial charge in [-0.15, -0.1) is 0 Å². The number of aliphatic hydroxyl groups is 2. The van der Waals surface area contributed by atoms with Gasteiger partial charge in [-0.25, -0.2) is 0 Å². The number of rotatable bonds is 2. The molecule has 0 aliphatic heterocycles. The second-order valence-electron chi connectivity index (χ2n) is 14.7. The summed E-state index contributed by atoms with van der Waals surface area (Å²) in [4.78, 5) is 25.7. The summed E-state index contributed by atoms with van der Waals surface area (Å²) in [5.74, 6) is 0.00601. The standard InChI is InChI=1S/C30H46O5/c1-25(2)20-9-12-28(5)21(27(20,4)11-10-22(25)32)8-7-18-19-15-26(3,17-31)13-14-30(19,24(34)35)23(33)16-29(18,28)6/h7,19-21,23,31,33H,8-17H2,1-6H3,(H,34,35)/t19-,20-,21+,23+,26+,27-,28+,29+,30+/m0/s1. The van der Waals surface area contributed by atoms with Crippen LogP contribution in [0.1, 0.15) is 99.3 Å². The maximum Gasteiger partial charge on any atom is 0.312 e. The summed E-state index contributed by atoms with van der Waals surface area (Å²) in [6.07, 6.45) is 8.06. The first kappa shape index (κ1) is 25.4. The smallest absolute Gasteiger partial charge is 0.312 e. The van der Waals surface area contributed by atoms with Crippen LogP contribution in [0, 0.1) is 50.2 Å². The molecule has 0 radical (unpaired) electrons. The van der Waals surface area contributed by atoms with E-state index in [1.54, 1.807) is 0 Å². The van der Waals surface area contributed by atoms with Crippen LogP contribution in [0.15, 0.2) is 11.6 Å². The first-order valence-corrected chi connectivity index (χ1v) is 13.9. The molecule has 4 saturated carbocycles. The van der Waals surface area contributed by atoms with E-state index < -0.39 is 17.5 Å². The van der Waals surface area contributed by atoms with E-state index >= 15 is 0 Å². The molecule has 0 spiro atoms. The molecule has 35 heavy (non-hydrogen) atoms. The summed E-state index contributed by atoms with van der Waals surface area (Å²) >= 11 is 0. The Labute approximate surface area is 210 Å². The van der Waals surface area contributed by atoms with Crippen molar-refractivity contribution in [2.24, 2.45) is 50.2 Å². The summed E-state index contributed by atoms with van der Waals surface area (Å²) < 4.78 is 0. The zero-order valence-electron chi connectivity index (χ0n) is 22.6. The molecule has 0 unspecified atom stereocenters. The van der Waals surface area contributed by atoms with Gasteiger partial charge < -0.3 is 15.3 Å². The van der Waals surface area contributed by atoms with Crippen molar-refractivity contribution < 1.29 is 24.9 Å². The molecule has 0 aromatic rings. The Kier molecular flexibility index (Phi) is 5.40. The fourth-order valence-corrected chi connectivity index (χ4v) is 10.6. The van der Waals surface area contributed by atoms with E-state index in [4.69, 9.17) is 0 Å². The summed E-state index contributed by atoms with van der Waals surface area (Å²) in [5, 5.41) is 32.4. The molecule has 5 nitrogen and oxygen atoms in total. The molecule has 0 heterocycles. The minimum absolute atomic E-state index is 0.0437. The molecule has 9 atom stereocenters. The van der Waals surface area contributed by atoms with Crippen molar-refractivity contribution >= 4 is 11.8 Å². The van der Waals surface area contributed by atoms with Gasteiger partial charge in [0, 0.05) is 18.4 Å². The molecule has 5 rings (SSSR count). The number of carbonyl (C=O) groups excluding carboxylic acids is 1. The second kappa shape index (κ2) is 7.43. The molecule has 5 heteroatoms. The highest BCUT2D eigenvalue weighted by Crippen LogP contribution is 2.75. The largest absolute Gasteiger partial charge is 0.481 e. The first-order chi connectivity index (χ1) is 16.1. The Morgan fingerprint density at radius 2 is 1.69 bits per heavy atom. The average molecular weight is 487 g/mol. The lowest BCUT2D eigenvalue weighted by Gasteiger charge is -2.71. The van der Waals surface area contributed by atoms with Crippen LogP contribution in [-0.4, -0.2) is 39.8 Å². The van der Waals surface area contributed by atoms with Crippen molar-refractivity contribution in [3.63, 3.8) is 0 Å². The van der Waals surface area contributed by atoms with Crippen LogP contribution < -0.4 is 0 Å². The molecule has 5 aliphatic carbocycles. The van der Waals surface area contributed by atoms with E-state index in [9.17, 15) is 24.9 Å². The zero-order chi connectivity index (χ0) is 25.8. The Morgan fingerprint density at radius 1 is 1.00 bits per heavy atom. The van der Waals surface area contributed by atoms with Gasteiger partial charge in [0.25, 0.3) is 0 Å². The number of aliphatic carboxylic acids is 1. The Balaban J connectivity index is 1.63. The molecular weight excluding hydrogens is 440 g/mol. The summed E-state index contributed by atoms with van der Waals surface area (Å²) in [6.45, 7) is 13.5. The zero-order valence-corrected chi connectivity index (χ0v) is 22.6. The van der Waals surface area contributed by atoms with Crippen LogP contribution in [0.4, 0.5) is 0 Å². The Morgan fingerprint density at radius 3 is 2.31 bits per heavy atom. The highest BCUT2D eigenvalue weighted by Gasteiger charge is 2.71. The van der Waals surface area contributed by atoms with E-state index in [2.05, 4.69) is 47.6 Å². The van der Waals surface area contributed by atoms with Gasteiger partial charge in [0.1, 0.15) is 11.2 Å². The number of hydrogen-bond acceptors (Lipinski definition) is 4. The molecule has 196 valence electrons. The van der Waals surface area contributed by atoms with E-state index in [1.165, 1.54) is 5.57 Å². The van der Waals surface area contributed by atoms with Gasteiger partial charge >= 0.3 is 5.97 Å². The third-order valence-electron chi connectivity index (χ3n) is 13.1. The lowest BCUT2D eigenvalue weighted by Crippen LogP contribution is -2.67. The fraction of sp³-hybridized carbons (Fsp3) is 0.867. The van der Waals surface area contributed by atoms with Gasteiger partial charge in [-0.1, -0.05) is 53.2 Å². The van der Waals surface area contributed by atoms with Crippen molar-refractivity contribution in [1.29, 1.82) is 0 Å². The van der Waals surface area contributed by atoms with Crippen LogP contribution in [-0.2, 0) is 9.59 Å². The third kappa shape index (κ3) is 2.94.